The molecule has 2 aromatic rings. The third-order valence-corrected chi connectivity index (χ3v) is 3.64. The first-order valence-corrected chi connectivity index (χ1v) is 6.69. The Hall–Kier alpha value is -1.22. The molecule has 90 valence electrons. The molecule has 1 aromatic carbocycles. The van der Waals surface area contributed by atoms with Crippen LogP contribution in [-0.2, 0) is 4.79 Å². The molecule has 0 unspecified atom stereocenters. The van der Waals surface area contributed by atoms with Crippen molar-refractivity contribution in [1.82, 2.24) is 4.98 Å². The van der Waals surface area contributed by atoms with Gasteiger partial charge in [-0.2, -0.15) is 0 Å². The summed E-state index contributed by atoms with van der Waals surface area (Å²) in [6, 6.07) is 10.2. The van der Waals surface area contributed by atoms with Crippen LogP contribution in [0.2, 0.25) is 0 Å². The molecule has 0 aliphatic heterocycles. The number of aromatic amines is 1. The largest absolute Gasteiger partial charge is 0.350 e. The van der Waals surface area contributed by atoms with Gasteiger partial charge in [0.05, 0.1) is 10.8 Å². The standard InChI is InChI=1S/C14H17NOS/c1-14(2,3)12(16)9-17-13-8-10-6-4-5-7-11(10)15-13/h4-8,15H,9H2,1-3H3. The molecule has 1 heterocycles. The molecule has 0 atom stereocenters. The van der Waals surface area contributed by atoms with Gasteiger partial charge < -0.3 is 4.98 Å². The quantitative estimate of drug-likeness (QED) is 0.835. The molecule has 0 bridgehead atoms. The fourth-order valence-electron chi connectivity index (χ4n) is 1.48. The molecule has 17 heavy (non-hydrogen) atoms. The van der Waals surface area contributed by atoms with Crippen molar-refractivity contribution < 1.29 is 4.79 Å². The zero-order valence-electron chi connectivity index (χ0n) is 10.4. The van der Waals surface area contributed by atoms with Crippen LogP contribution in [0.15, 0.2) is 35.4 Å². The lowest BCUT2D eigenvalue weighted by molar-refractivity contribution is -0.123. The summed E-state index contributed by atoms with van der Waals surface area (Å²) < 4.78 is 0. The van der Waals surface area contributed by atoms with Gasteiger partial charge in [0.25, 0.3) is 0 Å². The van der Waals surface area contributed by atoms with Crippen molar-refractivity contribution >= 4 is 28.4 Å². The van der Waals surface area contributed by atoms with E-state index in [0.29, 0.717) is 5.75 Å². The smallest absolute Gasteiger partial charge is 0.148 e. The fourth-order valence-corrected chi connectivity index (χ4v) is 2.60. The van der Waals surface area contributed by atoms with E-state index in [1.165, 1.54) is 5.39 Å². The number of benzene rings is 1. The van der Waals surface area contributed by atoms with Crippen LogP contribution in [0.5, 0.6) is 0 Å². The molecule has 0 saturated heterocycles. The number of nitrogens with one attached hydrogen (secondary N) is 1. The van der Waals surface area contributed by atoms with Crippen LogP contribution >= 0.6 is 11.8 Å². The summed E-state index contributed by atoms with van der Waals surface area (Å²) in [6.45, 7) is 5.88. The lowest BCUT2D eigenvalue weighted by Gasteiger charge is -2.15. The van der Waals surface area contributed by atoms with E-state index >= 15 is 0 Å². The number of aromatic nitrogens is 1. The normalized spacial score (nSPS) is 11.9. The van der Waals surface area contributed by atoms with Gasteiger partial charge in [-0.15, -0.1) is 11.8 Å². The van der Waals surface area contributed by atoms with Crippen molar-refractivity contribution in [2.24, 2.45) is 5.41 Å². The predicted molar refractivity (Wildman–Crippen MR) is 73.5 cm³/mol. The highest BCUT2D eigenvalue weighted by molar-refractivity contribution is 7.99. The first kappa shape index (κ1) is 12.2. The van der Waals surface area contributed by atoms with E-state index in [-0.39, 0.29) is 11.2 Å². The van der Waals surface area contributed by atoms with Crippen molar-refractivity contribution in [1.29, 1.82) is 0 Å². The highest BCUT2D eigenvalue weighted by Gasteiger charge is 2.21. The summed E-state index contributed by atoms with van der Waals surface area (Å²) in [5.74, 6) is 0.803. The first-order valence-electron chi connectivity index (χ1n) is 5.71. The molecule has 3 heteroatoms. The van der Waals surface area contributed by atoms with E-state index in [0.717, 1.165) is 10.5 Å². The van der Waals surface area contributed by atoms with Crippen LogP contribution in [0.25, 0.3) is 10.9 Å². The van der Waals surface area contributed by atoms with Crippen molar-refractivity contribution in [3.8, 4) is 0 Å². The van der Waals surface area contributed by atoms with Crippen LogP contribution in [0, 0.1) is 5.41 Å². The average Bonchev–Trinajstić information content (AvgIpc) is 2.66. The number of carbonyl (C=O) groups excluding carboxylic acids is 1. The molecule has 0 fully saturated rings. The van der Waals surface area contributed by atoms with E-state index in [4.69, 9.17) is 0 Å². The van der Waals surface area contributed by atoms with E-state index in [1.54, 1.807) is 11.8 Å². The molecule has 2 nitrogen and oxygen atoms in total. The number of carbonyl (C=O) groups is 1. The van der Waals surface area contributed by atoms with Crippen molar-refractivity contribution in [3.05, 3.63) is 30.3 Å². The molecule has 0 radical (unpaired) electrons. The van der Waals surface area contributed by atoms with E-state index < -0.39 is 0 Å². The Morgan fingerprint density at radius 1 is 1.29 bits per heavy atom. The number of thioether (sulfide) groups is 1. The number of H-pyrrole nitrogens is 1. The Bertz CT molecular complexity index is 503. The second kappa shape index (κ2) is 4.57. The lowest BCUT2D eigenvalue weighted by Crippen LogP contribution is -2.21. The zero-order valence-corrected chi connectivity index (χ0v) is 11.2. The van der Waals surface area contributed by atoms with Gasteiger partial charge in [-0.05, 0) is 12.1 Å². The summed E-state index contributed by atoms with van der Waals surface area (Å²) in [6.07, 6.45) is 0. The summed E-state index contributed by atoms with van der Waals surface area (Å²) >= 11 is 1.58. The third kappa shape index (κ3) is 2.91. The second-order valence-electron chi connectivity index (χ2n) is 5.18. The number of Topliss-reactive ketones (excluding diaryl/α,β-unsaturated/α-hetero) is 1. The third-order valence-electron chi connectivity index (χ3n) is 2.70. The maximum atomic E-state index is 11.8. The Balaban J connectivity index is 2.07. The number of ketones is 1. The summed E-state index contributed by atoms with van der Waals surface area (Å²) in [5, 5.41) is 2.25. The Morgan fingerprint density at radius 2 is 2.00 bits per heavy atom. The van der Waals surface area contributed by atoms with E-state index in [1.807, 2.05) is 39.0 Å². The minimum absolute atomic E-state index is 0.251. The lowest BCUT2D eigenvalue weighted by atomic mass is 9.92. The molecule has 1 N–H and O–H groups in total. The van der Waals surface area contributed by atoms with Gasteiger partial charge in [0.15, 0.2) is 0 Å². The Labute approximate surface area is 106 Å². The highest BCUT2D eigenvalue weighted by Crippen LogP contribution is 2.25. The number of fused-ring (bicyclic) bond motifs is 1. The first-order chi connectivity index (χ1) is 7.97. The minimum Gasteiger partial charge on any atom is -0.350 e. The van der Waals surface area contributed by atoms with Crippen LogP contribution < -0.4 is 0 Å². The van der Waals surface area contributed by atoms with Crippen LogP contribution in [-0.4, -0.2) is 16.5 Å². The summed E-state index contributed by atoms with van der Waals surface area (Å²) in [7, 11) is 0. The zero-order chi connectivity index (χ0) is 12.5. The molecule has 0 aliphatic rings. The van der Waals surface area contributed by atoms with Crippen LogP contribution in [0.3, 0.4) is 0 Å². The molecular weight excluding hydrogens is 230 g/mol. The minimum atomic E-state index is -0.251. The predicted octanol–water partition coefficient (Wildman–Crippen LogP) is 3.88. The molecule has 0 aliphatic carbocycles. The van der Waals surface area contributed by atoms with Gasteiger partial charge in [0.2, 0.25) is 0 Å². The fraction of sp³-hybridized carbons (Fsp3) is 0.357. The highest BCUT2D eigenvalue weighted by atomic mass is 32.2. The Morgan fingerprint density at radius 3 is 2.65 bits per heavy atom. The van der Waals surface area contributed by atoms with Crippen molar-refractivity contribution in [2.45, 2.75) is 25.8 Å². The molecule has 2 rings (SSSR count). The van der Waals surface area contributed by atoms with Crippen molar-refractivity contribution in [2.75, 3.05) is 5.75 Å². The summed E-state index contributed by atoms with van der Waals surface area (Å²) in [4.78, 5) is 15.1. The molecule has 0 amide bonds. The van der Waals surface area contributed by atoms with Gasteiger partial charge in [0, 0.05) is 16.3 Å². The topological polar surface area (TPSA) is 32.9 Å². The maximum Gasteiger partial charge on any atom is 0.148 e. The van der Waals surface area contributed by atoms with Gasteiger partial charge in [-0.25, -0.2) is 0 Å². The van der Waals surface area contributed by atoms with Gasteiger partial charge >= 0.3 is 0 Å². The van der Waals surface area contributed by atoms with Gasteiger partial charge in [0.1, 0.15) is 5.78 Å². The van der Waals surface area contributed by atoms with Gasteiger partial charge in [-0.1, -0.05) is 39.0 Å². The molecule has 0 spiro atoms. The van der Waals surface area contributed by atoms with Gasteiger partial charge in [-0.3, -0.25) is 4.79 Å². The number of hydrogen-bond donors (Lipinski definition) is 1. The maximum absolute atomic E-state index is 11.8. The second-order valence-corrected chi connectivity index (χ2v) is 6.20. The Kier molecular flexibility index (Phi) is 3.29. The van der Waals surface area contributed by atoms with Crippen LogP contribution in [0.4, 0.5) is 0 Å². The summed E-state index contributed by atoms with van der Waals surface area (Å²) in [5.41, 5.74) is 0.872. The molecule has 0 saturated carbocycles. The SMILES string of the molecule is CC(C)(C)C(=O)CSc1cc2ccccc2[nH]1. The van der Waals surface area contributed by atoms with Crippen molar-refractivity contribution in [3.63, 3.8) is 0 Å². The van der Waals surface area contributed by atoms with E-state index in [9.17, 15) is 4.79 Å². The number of rotatable bonds is 3. The monoisotopic (exact) mass is 247 g/mol. The number of hydrogen-bond acceptors (Lipinski definition) is 2. The van der Waals surface area contributed by atoms with E-state index in [2.05, 4.69) is 17.1 Å². The molecular formula is C14H17NOS. The average molecular weight is 247 g/mol. The van der Waals surface area contributed by atoms with Crippen LogP contribution in [0.1, 0.15) is 20.8 Å². The number of para-hydroxylation sites is 1. The molecule has 1 aromatic heterocycles.